The normalized spacial score (nSPS) is 14.4. The number of nitrogens with one attached hydrogen (secondary N) is 1. The number of rotatable bonds is 12. The van der Waals surface area contributed by atoms with Gasteiger partial charge in [-0.3, -0.25) is 13.9 Å². The molecular formula is C32H38BrN3O4S. The molecule has 7 nitrogen and oxygen atoms in total. The van der Waals surface area contributed by atoms with Gasteiger partial charge in [-0.1, -0.05) is 90.3 Å². The second-order valence-electron chi connectivity index (χ2n) is 10.6. The number of hydrogen-bond acceptors (Lipinski definition) is 4. The molecule has 218 valence electrons. The molecule has 1 atom stereocenters. The summed E-state index contributed by atoms with van der Waals surface area (Å²) < 4.78 is 27.9. The van der Waals surface area contributed by atoms with Crippen molar-refractivity contribution in [2.45, 2.75) is 64.1 Å². The van der Waals surface area contributed by atoms with Crippen molar-refractivity contribution in [3.8, 4) is 0 Å². The van der Waals surface area contributed by atoms with Crippen molar-refractivity contribution >= 4 is 43.5 Å². The lowest BCUT2D eigenvalue weighted by atomic mass is 10.0. The Kier molecular flexibility index (Phi) is 10.6. The average Bonchev–Trinajstić information content (AvgIpc) is 3.46. The van der Waals surface area contributed by atoms with Crippen molar-refractivity contribution < 1.29 is 18.0 Å². The summed E-state index contributed by atoms with van der Waals surface area (Å²) in [6, 6.07) is 23.6. The highest BCUT2D eigenvalue weighted by atomic mass is 79.9. The highest BCUT2D eigenvalue weighted by Crippen LogP contribution is 2.23. The Morgan fingerprint density at radius 1 is 0.927 bits per heavy atom. The van der Waals surface area contributed by atoms with E-state index in [1.807, 2.05) is 73.7 Å². The first-order valence-corrected chi connectivity index (χ1v) is 16.7. The van der Waals surface area contributed by atoms with Gasteiger partial charge in [-0.05, 0) is 60.2 Å². The minimum absolute atomic E-state index is 0.0770. The van der Waals surface area contributed by atoms with Crippen molar-refractivity contribution in [1.29, 1.82) is 0 Å². The molecule has 1 fully saturated rings. The van der Waals surface area contributed by atoms with Crippen LogP contribution in [0.15, 0.2) is 83.3 Å². The zero-order chi connectivity index (χ0) is 29.4. The third-order valence-corrected chi connectivity index (χ3v) is 9.16. The van der Waals surface area contributed by atoms with E-state index in [-0.39, 0.29) is 18.5 Å². The first-order chi connectivity index (χ1) is 19.6. The van der Waals surface area contributed by atoms with Crippen LogP contribution in [0.25, 0.3) is 0 Å². The van der Waals surface area contributed by atoms with E-state index in [0.717, 1.165) is 63.8 Å². The molecule has 0 saturated heterocycles. The Morgan fingerprint density at radius 2 is 1.59 bits per heavy atom. The molecule has 9 heteroatoms. The van der Waals surface area contributed by atoms with Crippen LogP contribution < -0.4 is 9.62 Å². The number of nitrogens with zero attached hydrogens (tertiary/aromatic N) is 2. The average molecular weight is 641 g/mol. The molecule has 0 aliphatic heterocycles. The number of hydrogen-bond donors (Lipinski definition) is 1. The van der Waals surface area contributed by atoms with Gasteiger partial charge in [0.15, 0.2) is 0 Å². The van der Waals surface area contributed by atoms with E-state index >= 15 is 0 Å². The Morgan fingerprint density at radius 3 is 2.20 bits per heavy atom. The maximum atomic E-state index is 14.2. The van der Waals surface area contributed by atoms with E-state index in [2.05, 4.69) is 21.2 Å². The van der Waals surface area contributed by atoms with Crippen LogP contribution in [0, 0.1) is 0 Å². The van der Waals surface area contributed by atoms with Crippen molar-refractivity contribution in [2.24, 2.45) is 0 Å². The minimum atomic E-state index is -3.79. The van der Waals surface area contributed by atoms with Crippen LogP contribution in [0.5, 0.6) is 0 Å². The summed E-state index contributed by atoms with van der Waals surface area (Å²) in [5, 5.41) is 3.19. The number of amides is 2. The molecular weight excluding hydrogens is 602 g/mol. The predicted octanol–water partition coefficient (Wildman–Crippen LogP) is 5.48. The Labute approximate surface area is 252 Å². The fourth-order valence-electron chi connectivity index (χ4n) is 5.27. The molecule has 1 aliphatic rings. The van der Waals surface area contributed by atoms with Crippen molar-refractivity contribution in [1.82, 2.24) is 10.2 Å². The van der Waals surface area contributed by atoms with Gasteiger partial charge in [0, 0.05) is 23.5 Å². The minimum Gasteiger partial charge on any atom is -0.352 e. The van der Waals surface area contributed by atoms with E-state index in [4.69, 9.17) is 0 Å². The third-order valence-electron chi connectivity index (χ3n) is 7.53. The highest BCUT2D eigenvalue weighted by Gasteiger charge is 2.34. The Hall–Kier alpha value is -3.17. The van der Waals surface area contributed by atoms with Crippen LogP contribution >= 0.6 is 15.9 Å². The van der Waals surface area contributed by atoms with E-state index in [9.17, 15) is 18.0 Å². The Bertz CT molecular complexity index is 1420. The van der Waals surface area contributed by atoms with Crippen molar-refractivity contribution in [3.63, 3.8) is 0 Å². The maximum absolute atomic E-state index is 14.2. The lowest BCUT2D eigenvalue weighted by Crippen LogP contribution is -2.54. The van der Waals surface area contributed by atoms with Crippen LogP contribution in [-0.4, -0.2) is 50.0 Å². The summed E-state index contributed by atoms with van der Waals surface area (Å²) in [5.41, 5.74) is 3.23. The first-order valence-electron chi connectivity index (χ1n) is 14.1. The summed E-state index contributed by atoms with van der Waals surface area (Å²) in [6.07, 6.45) is 6.18. The smallest absolute Gasteiger partial charge is 0.244 e. The van der Waals surface area contributed by atoms with Gasteiger partial charge in [-0.25, -0.2) is 8.42 Å². The quantitative estimate of drug-likeness (QED) is 0.284. The molecule has 3 aromatic carbocycles. The highest BCUT2D eigenvalue weighted by molar-refractivity contribution is 9.10. The second-order valence-corrected chi connectivity index (χ2v) is 13.5. The summed E-state index contributed by atoms with van der Waals surface area (Å²) in [5.74, 6) is -0.667. The topological polar surface area (TPSA) is 86.8 Å². The number of aryl methyl sites for hydroxylation is 1. The van der Waals surface area contributed by atoms with Gasteiger partial charge in [0.1, 0.15) is 12.6 Å². The summed E-state index contributed by atoms with van der Waals surface area (Å²) >= 11 is 3.51. The molecule has 1 aliphatic carbocycles. The van der Waals surface area contributed by atoms with Gasteiger partial charge in [0.2, 0.25) is 21.8 Å². The molecule has 1 N–H and O–H groups in total. The SMILES string of the molecule is CCc1ccc(N(CC(=O)N(Cc2cccc(Br)c2)[C@@H](Cc2ccccc2)C(=O)NC2CCCC2)S(C)(=O)=O)cc1. The molecule has 4 rings (SSSR count). The molecule has 0 spiro atoms. The molecule has 0 radical (unpaired) electrons. The van der Waals surface area contributed by atoms with Crippen LogP contribution in [0.4, 0.5) is 5.69 Å². The molecule has 41 heavy (non-hydrogen) atoms. The fraction of sp³-hybridized carbons (Fsp3) is 0.375. The second kappa shape index (κ2) is 14.1. The lowest BCUT2D eigenvalue weighted by molar-refractivity contribution is -0.140. The molecule has 3 aromatic rings. The van der Waals surface area contributed by atoms with E-state index in [0.29, 0.717) is 12.1 Å². The van der Waals surface area contributed by atoms with Crippen LogP contribution in [0.3, 0.4) is 0 Å². The van der Waals surface area contributed by atoms with Crippen LogP contribution in [0.2, 0.25) is 0 Å². The molecule has 0 unspecified atom stereocenters. The number of anilines is 1. The summed E-state index contributed by atoms with van der Waals surface area (Å²) in [6.45, 7) is 1.76. The van der Waals surface area contributed by atoms with Crippen LogP contribution in [0.1, 0.15) is 49.3 Å². The number of sulfonamides is 1. The Balaban J connectivity index is 1.71. The van der Waals surface area contributed by atoms with Crippen LogP contribution in [-0.2, 0) is 39.0 Å². The van der Waals surface area contributed by atoms with Crippen molar-refractivity contribution in [3.05, 3.63) is 100 Å². The fourth-order valence-corrected chi connectivity index (χ4v) is 6.56. The zero-order valence-electron chi connectivity index (χ0n) is 23.6. The number of halogens is 1. The molecule has 2 amide bonds. The molecule has 0 aromatic heterocycles. The van der Waals surface area contributed by atoms with E-state index < -0.39 is 28.5 Å². The maximum Gasteiger partial charge on any atom is 0.244 e. The van der Waals surface area contributed by atoms with Gasteiger partial charge in [-0.2, -0.15) is 0 Å². The molecule has 1 saturated carbocycles. The lowest BCUT2D eigenvalue weighted by Gasteiger charge is -2.34. The zero-order valence-corrected chi connectivity index (χ0v) is 26.0. The monoisotopic (exact) mass is 639 g/mol. The number of benzene rings is 3. The van der Waals surface area contributed by atoms with Gasteiger partial charge >= 0.3 is 0 Å². The number of carbonyl (C=O) groups excluding carboxylic acids is 2. The summed E-state index contributed by atoms with van der Waals surface area (Å²) in [7, 11) is -3.79. The predicted molar refractivity (Wildman–Crippen MR) is 167 cm³/mol. The van der Waals surface area contributed by atoms with Gasteiger partial charge in [0.25, 0.3) is 0 Å². The largest absolute Gasteiger partial charge is 0.352 e. The number of carbonyl (C=O) groups is 2. The van der Waals surface area contributed by atoms with E-state index in [1.54, 1.807) is 12.1 Å². The van der Waals surface area contributed by atoms with Gasteiger partial charge in [0.05, 0.1) is 11.9 Å². The molecule has 0 bridgehead atoms. The van der Waals surface area contributed by atoms with Crippen molar-refractivity contribution in [2.75, 3.05) is 17.1 Å². The third kappa shape index (κ3) is 8.66. The van der Waals surface area contributed by atoms with Gasteiger partial charge in [-0.15, -0.1) is 0 Å². The molecule has 0 heterocycles. The first kappa shape index (κ1) is 30.8. The van der Waals surface area contributed by atoms with E-state index in [1.165, 1.54) is 4.90 Å². The summed E-state index contributed by atoms with van der Waals surface area (Å²) in [4.78, 5) is 29.6. The standard InChI is InChI=1S/C32H38BrN3O4S/c1-3-24-16-18-29(19-17-24)36(41(2,39)40)23-31(37)35(22-26-12-9-13-27(33)20-26)30(21-25-10-5-4-6-11-25)32(38)34-28-14-7-8-15-28/h4-6,9-13,16-20,28,30H,3,7-8,14-15,21-23H2,1-2H3,(H,34,38)/t30-/m0/s1. The van der Waals surface area contributed by atoms with Gasteiger partial charge < -0.3 is 10.2 Å².